The zero-order valence-corrected chi connectivity index (χ0v) is 14.7. The highest BCUT2D eigenvalue weighted by Crippen LogP contribution is 2.19. The molecule has 0 saturated carbocycles. The van der Waals surface area contributed by atoms with Crippen LogP contribution in [0.2, 0.25) is 0 Å². The molecule has 6 nitrogen and oxygen atoms in total. The summed E-state index contributed by atoms with van der Waals surface area (Å²) in [5.74, 6) is 0.110. The fourth-order valence-corrected chi connectivity index (χ4v) is 2.45. The minimum atomic E-state index is -0.373. The Morgan fingerprint density at radius 1 is 1.19 bits per heavy atom. The number of halogens is 1. The van der Waals surface area contributed by atoms with E-state index in [0.29, 0.717) is 34.9 Å². The predicted octanol–water partition coefficient (Wildman–Crippen LogP) is 3.16. The Balaban J connectivity index is 1.68. The van der Waals surface area contributed by atoms with Crippen molar-refractivity contribution < 1.29 is 13.9 Å². The van der Waals surface area contributed by atoms with Crippen molar-refractivity contribution in [3.8, 4) is 17.1 Å². The molecule has 1 heterocycles. The summed E-state index contributed by atoms with van der Waals surface area (Å²) >= 11 is 0. The second-order valence-corrected chi connectivity index (χ2v) is 5.81. The Labute approximate surface area is 155 Å². The first kappa shape index (κ1) is 18.3. The minimum Gasteiger partial charge on any atom is -0.484 e. The van der Waals surface area contributed by atoms with E-state index in [4.69, 9.17) is 4.74 Å². The van der Waals surface area contributed by atoms with Gasteiger partial charge in [0.25, 0.3) is 11.5 Å². The highest BCUT2D eigenvalue weighted by Gasteiger charge is 2.07. The van der Waals surface area contributed by atoms with Crippen LogP contribution in [0.1, 0.15) is 12.6 Å². The minimum absolute atomic E-state index is 0.212. The largest absolute Gasteiger partial charge is 0.484 e. The quantitative estimate of drug-likeness (QED) is 0.701. The molecule has 0 aliphatic carbocycles. The summed E-state index contributed by atoms with van der Waals surface area (Å²) < 4.78 is 18.2. The lowest BCUT2D eigenvalue weighted by atomic mass is 10.1. The molecule has 1 amide bonds. The van der Waals surface area contributed by atoms with Gasteiger partial charge < -0.3 is 15.0 Å². The summed E-state index contributed by atoms with van der Waals surface area (Å²) in [6, 6.07) is 13.9. The standard InChI is InChI=1S/C20H18FN3O3/c1-2-15-11-18(25)24-20(23-15)13-4-3-5-16(10-13)22-19(26)12-27-17-8-6-14(21)7-9-17/h3-11H,2,12H2,1H3,(H,22,26)(H,23,24,25). The third-order valence-electron chi connectivity index (χ3n) is 3.76. The van der Waals surface area contributed by atoms with Gasteiger partial charge in [-0.15, -0.1) is 0 Å². The molecule has 3 rings (SSSR count). The van der Waals surface area contributed by atoms with Gasteiger partial charge in [-0.05, 0) is 42.8 Å². The monoisotopic (exact) mass is 367 g/mol. The molecular weight excluding hydrogens is 349 g/mol. The third-order valence-corrected chi connectivity index (χ3v) is 3.76. The number of carbonyl (C=O) groups excluding carboxylic acids is 1. The summed E-state index contributed by atoms with van der Waals surface area (Å²) in [6.45, 7) is 1.71. The number of carbonyl (C=O) groups is 1. The van der Waals surface area contributed by atoms with Gasteiger partial charge in [0.05, 0.1) is 0 Å². The van der Waals surface area contributed by atoms with Crippen molar-refractivity contribution in [2.75, 3.05) is 11.9 Å². The lowest BCUT2D eigenvalue weighted by Gasteiger charge is -2.09. The SMILES string of the molecule is CCc1cc(=O)[nH]c(-c2cccc(NC(=O)COc3ccc(F)cc3)c2)n1. The lowest BCUT2D eigenvalue weighted by Crippen LogP contribution is -2.20. The Bertz CT molecular complexity index is 1000. The van der Waals surface area contributed by atoms with E-state index < -0.39 is 0 Å². The Morgan fingerprint density at radius 3 is 2.70 bits per heavy atom. The zero-order valence-electron chi connectivity index (χ0n) is 14.7. The molecule has 2 N–H and O–H groups in total. The third kappa shape index (κ3) is 5.01. The first-order chi connectivity index (χ1) is 13.0. The number of hydrogen-bond acceptors (Lipinski definition) is 4. The van der Waals surface area contributed by atoms with Gasteiger partial charge in [-0.3, -0.25) is 9.59 Å². The van der Waals surface area contributed by atoms with Crippen LogP contribution in [0.5, 0.6) is 5.75 Å². The second-order valence-electron chi connectivity index (χ2n) is 5.81. The van der Waals surface area contributed by atoms with Crippen LogP contribution in [0.4, 0.5) is 10.1 Å². The number of hydrogen-bond donors (Lipinski definition) is 2. The van der Waals surface area contributed by atoms with Crippen LogP contribution in [0.15, 0.2) is 59.4 Å². The van der Waals surface area contributed by atoms with Crippen molar-refractivity contribution >= 4 is 11.6 Å². The van der Waals surface area contributed by atoms with Gasteiger partial charge in [-0.2, -0.15) is 0 Å². The van der Waals surface area contributed by atoms with E-state index >= 15 is 0 Å². The number of amides is 1. The number of benzene rings is 2. The van der Waals surface area contributed by atoms with Crippen LogP contribution in [0.25, 0.3) is 11.4 Å². The molecule has 2 aromatic carbocycles. The molecule has 27 heavy (non-hydrogen) atoms. The van der Waals surface area contributed by atoms with Gasteiger partial charge in [-0.25, -0.2) is 9.37 Å². The molecule has 1 aromatic heterocycles. The molecule has 0 unspecified atom stereocenters. The van der Waals surface area contributed by atoms with E-state index in [1.807, 2.05) is 6.92 Å². The smallest absolute Gasteiger partial charge is 0.262 e. The summed E-state index contributed by atoms with van der Waals surface area (Å²) in [6.07, 6.45) is 0.647. The normalized spacial score (nSPS) is 10.4. The van der Waals surface area contributed by atoms with Gasteiger partial charge in [0.15, 0.2) is 6.61 Å². The van der Waals surface area contributed by atoms with Gasteiger partial charge in [-0.1, -0.05) is 19.1 Å². The molecule has 3 aromatic rings. The van der Waals surface area contributed by atoms with Gasteiger partial charge >= 0.3 is 0 Å². The van der Waals surface area contributed by atoms with Crippen LogP contribution < -0.4 is 15.6 Å². The number of aryl methyl sites for hydroxylation is 1. The average Bonchev–Trinajstić information content (AvgIpc) is 2.67. The average molecular weight is 367 g/mol. The summed E-state index contributed by atoms with van der Waals surface area (Å²) in [7, 11) is 0. The van der Waals surface area contributed by atoms with E-state index in [1.165, 1.54) is 30.3 Å². The number of anilines is 1. The Hall–Kier alpha value is -3.48. The molecule has 7 heteroatoms. The highest BCUT2D eigenvalue weighted by atomic mass is 19.1. The molecule has 0 aliphatic heterocycles. The molecule has 0 spiro atoms. The molecule has 0 aliphatic rings. The molecular formula is C20H18FN3O3. The van der Waals surface area contributed by atoms with Crippen molar-refractivity contribution in [1.82, 2.24) is 9.97 Å². The van der Waals surface area contributed by atoms with Crippen molar-refractivity contribution in [1.29, 1.82) is 0 Å². The number of aromatic amines is 1. The van der Waals surface area contributed by atoms with Crippen molar-refractivity contribution in [2.24, 2.45) is 0 Å². The maximum atomic E-state index is 12.9. The Morgan fingerprint density at radius 2 is 1.96 bits per heavy atom. The number of H-pyrrole nitrogens is 1. The van der Waals surface area contributed by atoms with Gasteiger partial charge in [0.1, 0.15) is 17.4 Å². The molecule has 0 fully saturated rings. The van der Waals surface area contributed by atoms with Crippen LogP contribution in [0, 0.1) is 5.82 Å². The molecule has 138 valence electrons. The number of aromatic nitrogens is 2. The molecule has 0 radical (unpaired) electrons. The van der Waals surface area contributed by atoms with Crippen LogP contribution in [0.3, 0.4) is 0 Å². The fraction of sp³-hybridized carbons (Fsp3) is 0.150. The summed E-state index contributed by atoms with van der Waals surface area (Å²) in [5, 5.41) is 2.72. The maximum absolute atomic E-state index is 12.9. The zero-order chi connectivity index (χ0) is 19.2. The number of ether oxygens (including phenoxy) is 1. The maximum Gasteiger partial charge on any atom is 0.262 e. The van der Waals surface area contributed by atoms with E-state index in [1.54, 1.807) is 24.3 Å². The first-order valence-electron chi connectivity index (χ1n) is 8.42. The van der Waals surface area contributed by atoms with Gasteiger partial charge in [0, 0.05) is 23.0 Å². The van der Waals surface area contributed by atoms with Crippen molar-refractivity contribution in [3.05, 3.63) is 76.5 Å². The number of rotatable bonds is 6. The highest BCUT2D eigenvalue weighted by molar-refractivity contribution is 5.92. The van der Waals surface area contributed by atoms with Gasteiger partial charge in [0.2, 0.25) is 0 Å². The number of nitrogens with one attached hydrogen (secondary N) is 2. The molecule has 0 saturated heterocycles. The second kappa shape index (κ2) is 8.27. The van der Waals surface area contributed by atoms with Crippen molar-refractivity contribution in [3.63, 3.8) is 0 Å². The van der Waals surface area contributed by atoms with E-state index in [9.17, 15) is 14.0 Å². The van der Waals surface area contributed by atoms with Crippen LogP contribution in [-0.4, -0.2) is 22.5 Å². The predicted molar refractivity (Wildman–Crippen MR) is 100 cm³/mol. The van der Waals surface area contributed by atoms with Crippen molar-refractivity contribution in [2.45, 2.75) is 13.3 Å². The summed E-state index contributed by atoms with van der Waals surface area (Å²) in [4.78, 5) is 30.9. The molecule has 0 bridgehead atoms. The Kier molecular flexibility index (Phi) is 5.61. The van der Waals surface area contributed by atoms with E-state index in [0.717, 1.165) is 0 Å². The van der Waals surface area contributed by atoms with E-state index in [-0.39, 0.29) is 23.9 Å². The lowest BCUT2D eigenvalue weighted by molar-refractivity contribution is -0.118. The topological polar surface area (TPSA) is 84.1 Å². The van der Waals surface area contributed by atoms with Crippen LogP contribution in [-0.2, 0) is 11.2 Å². The first-order valence-corrected chi connectivity index (χ1v) is 8.42. The fourth-order valence-electron chi connectivity index (χ4n) is 2.45. The molecule has 0 atom stereocenters. The summed E-state index contributed by atoms with van der Waals surface area (Å²) in [5.41, 5.74) is 1.69. The van der Waals surface area contributed by atoms with Crippen LogP contribution >= 0.6 is 0 Å². The van der Waals surface area contributed by atoms with E-state index in [2.05, 4.69) is 15.3 Å². The number of nitrogens with zero attached hydrogens (tertiary/aromatic N) is 1.